The van der Waals surface area contributed by atoms with Gasteiger partial charge < -0.3 is 19.6 Å². The van der Waals surface area contributed by atoms with Crippen molar-refractivity contribution in [3.8, 4) is 10.7 Å². The fourth-order valence-corrected chi connectivity index (χ4v) is 6.11. The molecule has 0 spiro atoms. The van der Waals surface area contributed by atoms with Crippen molar-refractivity contribution in [3.05, 3.63) is 21.5 Å². The number of hydrogen-bond donors (Lipinski definition) is 1. The molecule has 0 aliphatic carbocycles. The Morgan fingerprint density at radius 2 is 1.77 bits per heavy atom. The highest BCUT2D eigenvalue weighted by molar-refractivity contribution is 7.14. The van der Waals surface area contributed by atoms with Gasteiger partial charge in [0.15, 0.2) is 5.69 Å². The van der Waals surface area contributed by atoms with Gasteiger partial charge >= 0.3 is 12.1 Å². The number of hydroxylamine groups is 2. The van der Waals surface area contributed by atoms with Crippen LogP contribution >= 0.6 is 22.7 Å². The molecule has 0 bridgehead atoms. The monoisotopic (exact) mass is 524 g/mol. The number of aromatic nitrogens is 2. The number of esters is 1. The lowest BCUT2D eigenvalue weighted by atomic mass is 9.78. The van der Waals surface area contributed by atoms with Crippen LogP contribution in [0.2, 0.25) is 0 Å². The van der Waals surface area contributed by atoms with Crippen LogP contribution in [-0.4, -0.2) is 73.6 Å². The van der Waals surface area contributed by atoms with Crippen molar-refractivity contribution in [1.29, 1.82) is 0 Å². The van der Waals surface area contributed by atoms with Gasteiger partial charge in [-0.25, -0.2) is 19.6 Å². The lowest BCUT2D eigenvalue weighted by Gasteiger charge is -2.53. The van der Waals surface area contributed by atoms with Gasteiger partial charge in [-0.15, -0.1) is 22.7 Å². The Bertz CT molecular complexity index is 1040. The van der Waals surface area contributed by atoms with E-state index in [0.29, 0.717) is 36.5 Å². The molecule has 3 heterocycles. The van der Waals surface area contributed by atoms with Crippen LogP contribution in [0.3, 0.4) is 0 Å². The fraction of sp³-hybridized carbons (Fsp3) is 0.667. The number of hydrogen-bond acceptors (Lipinski definition) is 10. The van der Waals surface area contributed by atoms with Crippen LogP contribution in [0.25, 0.3) is 10.7 Å². The minimum atomic E-state index is -0.616. The van der Waals surface area contributed by atoms with E-state index in [1.807, 2.05) is 53.8 Å². The number of methoxy groups -OCH3 is 1. The summed E-state index contributed by atoms with van der Waals surface area (Å²) in [4.78, 5) is 35.8. The fourth-order valence-electron chi connectivity index (χ4n) is 4.51. The van der Waals surface area contributed by atoms with E-state index >= 15 is 0 Å². The van der Waals surface area contributed by atoms with E-state index in [0.717, 1.165) is 5.01 Å². The first-order valence-electron chi connectivity index (χ1n) is 11.6. The highest BCUT2D eigenvalue weighted by atomic mass is 32.1. The van der Waals surface area contributed by atoms with E-state index in [1.54, 1.807) is 10.3 Å². The molecule has 2 aromatic heterocycles. The van der Waals surface area contributed by atoms with E-state index in [9.17, 15) is 14.8 Å². The maximum atomic E-state index is 13.3. The molecule has 2 aromatic rings. The molecule has 1 aliphatic rings. The normalized spacial score (nSPS) is 18.3. The quantitative estimate of drug-likeness (QED) is 0.511. The Hall–Kier alpha value is -2.08. The summed E-state index contributed by atoms with van der Waals surface area (Å²) in [7, 11) is 1.32. The maximum Gasteiger partial charge on any atom is 0.410 e. The summed E-state index contributed by atoms with van der Waals surface area (Å²) in [5.41, 5.74) is -0.649. The number of nitrogens with zero attached hydrogens (tertiary/aromatic N) is 4. The van der Waals surface area contributed by atoms with Crippen molar-refractivity contribution in [2.24, 2.45) is 0 Å². The highest BCUT2D eigenvalue weighted by Crippen LogP contribution is 2.39. The number of amides is 1. The van der Waals surface area contributed by atoms with Crippen molar-refractivity contribution < 1.29 is 24.3 Å². The molecule has 0 radical (unpaired) electrons. The number of ether oxygens (including phenoxy) is 2. The SMILES string of the molecule is COC(=O)c1csc(-c2csc(CCN(C(=O)OC(C)(C)C)C3CC(C)(C)N(O)C(C)(C)C3)n2)n1. The Balaban J connectivity index is 1.78. The molecular formula is C24H36N4O5S2. The molecule has 0 saturated carbocycles. The molecule has 0 aromatic carbocycles. The van der Waals surface area contributed by atoms with E-state index < -0.39 is 22.6 Å². The smallest absolute Gasteiger partial charge is 0.410 e. The third kappa shape index (κ3) is 6.58. The Morgan fingerprint density at radius 1 is 1.14 bits per heavy atom. The van der Waals surface area contributed by atoms with Gasteiger partial charge in [0.1, 0.15) is 16.3 Å². The molecule has 0 unspecified atom stereocenters. The van der Waals surface area contributed by atoms with E-state index in [2.05, 4.69) is 9.97 Å². The van der Waals surface area contributed by atoms with Gasteiger partial charge in [0.05, 0.1) is 12.1 Å². The lowest BCUT2D eigenvalue weighted by Crippen LogP contribution is -2.63. The average Bonchev–Trinajstić information content (AvgIpc) is 3.39. The summed E-state index contributed by atoms with van der Waals surface area (Å²) in [6.07, 6.45) is 1.43. The van der Waals surface area contributed by atoms with Crippen molar-refractivity contribution in [3.63, 3.8) is 0 Å². The largest absolute Gasteiger partial charge is 0.464 e. The summed E-state index contributed by atoms with van der Waals surface area (Å²) in [5, 5.41) is 17.2. The standard InChI is InChI=1S/C24H36N4O5S2/c1-22(2,3)33-21(30)27(15-11-23(4,5)28(31)24(6,7)12-15)10-9-18-25-16(13-34-18)19-26-17(14-35-19)20(29)32-8/h13-15,31H,9-12H2,1-8H3. The van der Waals surface area contributed by atoms with Gasteiger partial charge in [-0.2, -0.15) is 5.06 Å². The number of thiazole rings is 2. The summed E-state index contributed by atoms with van der Waals surface area (Å²) >= 11 is 2.83. The zero-order chi connectivity index (χ0) is 26.2. The van der Waals surface area contributed by atoms with Crippen molar-refractivity contribution >= 4 is 34.7 Å². The second kappa shape index (κ2) is 10.1. The molecule has 35 heavy (non-hydrogen) atoms. The van der Waals surface area contributed by atoms with Gasteiger partial charge in [0.2, 0.25) is 0 Å². The minimum absolute atomic E-state index is 0.0979. The number of carbonyl (C=O) groups excluding carboxylic acids is 2. The van der Waals surface area contributed by atoms with Crippen LogP contribution in [0.4, 0.5) is 4.79 Å². The molecule has 194 valence electrons. The first-order valence-corrected chi connectivity index (χ1v) is 13.4. The van der Waals surface area contributed by atoms with E-state index in [-0.39, 0.29) is 17.8 Å². The number of carbonyl (C=O) groups is 2. The summed E-state index contributed by atoms with van der Waals surface area (Å²) in [5.74, 6) is -0.476. The van der Waals surface area contributed by atoms with Crippen LogP contribution in [0, 0.1) is 0 Å². The van der Waals surface area contributed by atoms with Gasteiger partial charge in [-0.05, 0) is 61.3 Å². The molecular weight excluding hydrogens is 488 g/mol. The van der Waals surface area contributed by atoms with Crippen LogP contribution < -0.4 is 0 Å². The molecule has 1 amide bonds. The van der Waals surface area contributed by atoms with Crippen molar-refractivity contribution in [1.82, 2.24) is 19.9 Å². The maximum absolute atomic E-state index is 13.3. The predicted molar refractivity (Wildman–Crippen MR) is 136 cm³/mol. The minimum Gasteiger partial charge on any atom is -0.464 e. The molecule has 3 rings (SSSR count). The number of piperidine rings is 1. The van der Waals surface area contributed by atoms with Gasteiger partial charge in [-0.3, -0.25) is 0 Å². The second-order valence-electron chi connectivity index (χ2n) is 11.1. The molecule has 1 fully saturated rings. The molecule has 1 aliphatic heterocycles. The topological polar surface area (TPSA) is 105 Å². The third-order valence-corrected chi connectivity index (χ3v) is 7.70. The molecule has 1 saturated heterocycles. The lowest BCUT2D eigenvalue weighted by molar-refractivity contribution is -0.251. The second-order valence-corrected chi connectivity index (χ2v) is 12.9. The summed E-state index contributed by atoms with van der Waals surface area (Å²) in [6, 6.07) is -0.0979. The highest BCUT2D eigenvalue weighted by Gasteiger charge is 2.47. The van der Waals surface area contributed by atoms with Gasteiger partial charge in [0, 0.05) is 40.8 Å². The summed E-state index contributed by atoms with van der Waals surface area (Å²) in [6.45, 7) is 14.0. The van der Waals surface area contributed by atoms with Crippen LogP contribution in [0.1, 0.15) is 76.8 Å². The van der Waals surface area contributed by atoms with Crippen molar-refractivity contribution in [2.45, 2.75) is 90.4 Å². The van der Waals surface area contributed by atoms with Crippen molar-refractivity contribution in [2.75, 3.05) is 13.7 Å². The summed E-state index contributed by atoms with van der Waals surface area (Å²) < 4.78 is 10.5. The van der Waals surface area contributed by atoms with Crippen LogP contribution in [-0.2, 0) is 15.9 Å². The third-order valence-electron chi connectivity index (χ3n) is 5.92. The predicted octanol–water partition coefficient (Wildman–Crippen LogP) is 5.24. The van der Waals surface area contributed by atoms with Gasteiger partial charge in [0.25, 0.3) is 0 Å². The zero-order valence-electron chi connectivity index (χ0n) is 21.7. The van der Waals surface area contributed by atoms with E-state index in [1.165, 1.54) is 34.8 Å². The molecule has 1 N–H and O–H groups in total. The molecule has 11 heteroatoms. The Kier molecular flexibility index (Phi) is 7.95. The Labute approximate surface area is 215 Å². The van der Waals surface area contributed by atoms with Crippen LogP contribution in [0.5, 0.6) is 0 Å². The number of rotatable bonds is 6. The zero-order valence-corrected chi connectivity index (χ0v) is 23.4. The van der Waals surface area contributed by atoms with Gasteiger partial charge in [-0.1, -0.05) is 0 Å². The first-order chi connectivity index (χ1) is 16.1. The van der Waals surface area contributed by atoms with E-state index in [4.69, 9.17) is 9.47 Å². The first kappa shape index (κ1) is 27.5. The van der Waals surface area contributed by atoms with Crippen LogP contribution in [0.15, 0.2) is 10.8 Å². The molecule has 9 nitrogen and oxygen atoms in total. The Morgan fingerprint density at radius 3 is 2.34 bits per heavy atom. The molecule has 0 atom stereocenters. The average molecular weight is 525 g/mol.